The molecular weight excluding hydrogens is 269 g/mol. The van der Waals surface area contributed by atoms with Crippen LogP contribution in [-0.2, 0) is 7.05 Å². The Morgan fingerprint density at radius 2 is 2.00 bits per heavy atom. The molecule has 0 aliphatic rings. The fourth-order valence-electron chi connectivity index (χ4n) is 2.18. The predicted octanol–water partition coefficient (Wildman–Crippen LogP) is 3.30. The van der Waals surface area contributed by atoms with Crippen molar-refractivity contribution in [1.82, 2.24) is 14.8 Å². The number of aryl methyl sites for hydroxylation is 2. The zero-order valence-corrected chi connectivity index (χ0v) is 11.7. The normalized spacial score (nSPS) is 10.8. The number of benzene rings is 1. The SMILES string of the molecule is Cc1ccc(-c2nc(-c3cnn(C)c3)ccc2O)c(F)c1. The first-order chi connectivity index (χ1) is 10.0. The van der Waals surface area contributed by atoms with E-state index in [1.165, 1.54) is 12.1 Å². The first-order valence-corrected chi connectivity index (χ1v) is 6.50. The van der Waals surface area contributed by atoms with E-state index in [9.17, 15) is 9.50 Å². The van der Waals surface area contributed by atoms with Crippen LogP contribution in [0.3, 0.4) is 0 Å². The molecule has 0 atom stereocenters. The summed E-state index contributed by atoms with van der Waals surface area (Å²) in [7, 11) is 1.81. The predicted molar refractivity (Wildman–Crippen MR) is 78.2 cm³/mol. The van der Waals surface area contributed by atoms with Crippen molar-refractivity contribution < 1.29 is 9.50 Å². The van der Waals surface area contributed by atoms with Crippen LogP contribution in [0.15, 0.2) is 42.7 Å². The standard InChI is InChI=1S/C16H14FN3O/c1-10-3-4-12(13(17)7-10)16-15(21)6-5-14(19-16)11-8-18-20(2)9-11/h3-9,21H,1-2H3. The molecule has 0 bridgehead atoms. The zero-order valence-electron chi connectivity index (χ0n) is 11.7. The molecule has 5 heteroatoms. The Labute approximate surface area is 121 Å². The third kappa shape index (κ3) is 2.50. The highest BCUT2D eigenvalue weighted by Gasteiger charge is 2.13. The van der Waals surface area contributed by atoms with Gasteiger partial charge in [0.25, 0.3) is 0 Å². The van der Waals surface area contributed by atoms with E-state index < -0.39 is 5.82 Å². The fourth-order valence-corrected chi connectivity index (χ4v) is 2.18. The third-order valence-electron chi connectivity index (χ3n) is 3.25. The maximum atomic E-state index is 14.1. The van der Waals surface area contributed by atoms with E-state index in [-0.39, 0.29) is 17.0 Å². The lowest BCUT2D eigenvalue weighted by Crippen LogP contribution is -1.92. The lowest BCUT2D eigenvalue weighted by Gasteiger charge is -2.08. The second-order valence-electron chi connectivity index (χ2n) is 4.95. The minimum absolute atomic E-state index is 0.0506. The van der Waals surface area contributed by atoms with E-state index in [2.05, 4.69) is 10.1 Å². The molecule has 1 aromatic carbocycles. The van der Waals surface area contributed by atoms with Gasteiger partial charge in [0.15, 0.2) is 0 Å². The molecule has 0 saturated heterocycles. The van der Waals surface area contributed by atoms with Gasteiger partial charge in [-0.1, -0.05) is 6.07 Å². The second kappa shape index (κ2) is 5.01. The first-order valence-electron chi connectivity index (χ1n) is 6.50. The average molecular weight is 283 g/mol. The fraction of sp³-hybridized carbons (Fsp3) is 0.125. The Kier molecular flexibility index (Phi) is 3.17. The van der Waals surface area contributed by atoms with Gasteiger partial charge in [-0.05, 0) is 36.8 Å². The molecule has 0 amide bonds. The van der Waals surface area contributed by atoms with Crippen molar-refractivity contribution in [3.63, 3.8) is 0 Å². The van der Waals surface area contributed by atoms with Crippen molar-refractivity contribution in [2.75, 3.05) is 0 Å². The molecular formula is C16H14FN3O. The lowest BCUT2D eigenvalue weighted by molar-refractivity contribution is 0.474. The summed E-state index contributed by atoms with van der Waals surface area (Å²) < 4.78 is 15.7. The van der Waals surface area contributed by atoms with Gasteiger partial charge in [0.05, 0.1) is 11.9 Å². The van der Waals surface area contributed by atoms with E-state index in [4.69, 9.17) is 0 Å². The highest BCUT2D eigenvalue weighted by atomic mass is 19.1. The molecule has 0 fully saturated rings. The number of nitrogens with zero attached hydrogens (tertiary/aromatic N) is 3. The van der Waals surface area contributed by atoms with Gasteiger partial charge in [-0.2, -0.15) is 5.10 Å². The summed E-state index contributed by atoms with van der Waals surface area (Å²) in [6, 6.07) is 8.04. The van der Waals surface area contributed by atoms with Gasteiger partial charge in [0.2, 0.25) is 0 Å². The van der Waals surface area contributed by atoms with Gasteiger partial charge in [0.1, 0.15) is 17.3 Å². The Balaban J connectivity index is 2.14. The maximum Gasteiger partial charge on any atom is 0.142 e. The van der Waals surface area contributed by atoms with Crippen LogP contribution < -0.4 is 0 Å². The van der Waals surface area contributed by atoms with Crippen LogP contribution in [0.4, 0.5) is 4.39 Å². The van der Waals surface area contributed by atoms with Crippen LogP contribution in [0, 0.1) is 12.7 Å². The lowest BCUT2D eigenvalue weighted by atomic mass is 10.1. The highest BCUT2D eigenvalue weighted by molar-refractivity contribution is 5.71. The smallest absolute Gasteiger partial charge is 0.142 e. The number of hydrogen-bond acceptors (Lipinski definition) is 3. The molecule has 1 N–H and O–H groups in total. The monoisotopic (exact) mass is 283 g/mol. The van der Waals surface area contributed by atoms with Crippen molar-refractivity contribution in [1.29, 1.82) is 0 Å². The number of aromatic nitrogens is 3. The van der Waals surface area contributed by atoms with Crippen molar-refractivity contribution in [3.8, 4) is 28.3 Å². The van der Waals surface area contributed by atoms with Gasteiger partial charge < -0.3 is 5.11 Å². The summed E-state index contributed by atoms with van der Waals surface area (Å²) in [5, 5.41) is 14.1. The van der Waals surface area contributed by atoms with Gasteiger partial charge >= 0.3 is 0 Å². The van der Waals surface area contributed by atoms with Crippen LogP contribution >= 0.6 is 0 Å². The van der Waals surface area contributed by atoms with Crippen molar-refractivity contribution in [2.45, 2.75) is 6.92 Å². The Hall–Kier alpha value is -2.69. The Morgan fingerprint density at radius 1 is 1.19 bits per heavy atom. The van der Waals surface area contributed by atoms with E-state index in [1.54, 1.807) is 29.1 Å². The van der Waals surface area contributed by atoms with Crippen LogP contribution in [0.25, 0.3) is 22.5 Å². The largest absolute Gasteiger partial charge is 0.506 e. The van der Waals surface area contributed by atoms with E-state index in [0.717, 1.165) is 11.1 Å². The summed E-state index contributed by atoms with van der Waals surface area (Å²) in [6.45, 7) is 1.81. The molecule has 2 heterocycles. The average Bonchev–Trinajstić information content (AvgIpc) is 2.87. The van der Waals surface area contributed by atoms with Gasteiger partial charge in [0, 0.05) is 24.4 Å². The molecule has 106 valence electrons. The molecule has 0 aliphatic carbocycles. The van der Waals surface area contributed by atoms with E-state index in [1.807, 2.05) is 20.2 Å². The summed E-state index contributed by atoms with van der Waals surface area (Å²) >= 11 is 0. The van der Waals surface area contributed by atoms with Crippen molar-refractivity contribution in [2.24, 2.45) is 7.05 Å². The molecule has 2 aromatic heterocycles. The van der Waals surface area contributed by atoms with Crippen LogP contribution in [-0.4, -0.2) is 19.9 Å². The number of hydrogen-bond donors (Lipinski definition) is 1. The minimum Gasteiger partial charge on any atom is -0.506 e. The summed E-state index contributed by atoms with van der Waals surface area (Å²) in [5.41, 5.74) is 2.78. The number of pyridine rings is 1. The zero-order chi connectivity index (χ0) is 15.0. The Bertz CT molecular complexity index is 811. The van der Waals surface area contributed by atoms with Crippen molar-refractivity contribution >= 4 is 0 Å². The van der Waals surface area contributed by atoms with Crippen LogP contribution in [0.2, 0.25) is 0 Å². The quantitative estimate of drug-likeness (QED) is 0.785. The second-order valence-corrected chi connectivity index (χ2v) is 4.95. The van der Waals surface area contributed by atoms with Gasteiger partial charge in [-0.3, -0.25) is 4.68 Å². The molecule has 0 spiro atoms. The van der Waals surface area contributed by atoms with Gasteiger partial charge in [-0.15, -0.1) is 0 Å². The highest BCUT2D eigenvalue weighted by Crippen LogP contribution is 2.32. The number of rotatable bonds is 2. The van der Waals surface area contributed by atoms with Crippen LogP contribution in [0.1, 0.15) is 5.56 Å². The molecule has 3 aromatic rings. The van der Waals surface area contributed by atoms with Crippen molar-refractivity contribution in [3.05, 3.63) is 54.1 Å². The molecule has 21 heavy (non-hydrogen) atoms. The third-order valence-corrected chi connectivity index (χ3v) is 3.25. The summed E-state index contributed by atoms with van der Waals surface area (Å²) in [6.07, 6.45) is 3.49. The maximum absolute atomic E-state index is 14.1. The molecule has 0 saturated carbocycles. The van der Waals surface area contributed by atoms with E-state index >= 15 is 0 Å². The first kappa shape index (κ1) is 13.3. The van der Waals surface area contributed by atoms with Crippen LogP contribution in [0.5, 0.6) is 5.75 Å². The molecule has 0 aliphatic heterocycles. The molecule has 0 unspecified atom stereocenters. The molecule has 4 nitrogen and oxygen atoms in total. The number of aromatic hydroxyl groups is 1. The van der Waals surface area contributed by atoms with E-state index in [0.29, 0.717) is 5.69 Å². The Morgan fingerprint density at radius 3 is 2.67 bits per heavy atom. The number of halogens is 1. The summed E-state index contributed by atoms with van der Waals surface area (Å²) in [5.74, 6) is -0.452. The summed E-state index contributed by atoms with van der Waals surface area (Å²) in [4.78, 5) is 4.37. The minimum atomic E-state index is -0.402. The molecule has 3 rings (SSSR count). The topological polar surface area (TPSA) is 50.9 Å². The van der Waals surface area contributed by atoms with Gasteiger partial charge in [-0.25, -0.2) is 9.37 Å². The molecule has 0 radical (unpaired) electrons.